The van der Waals surface area contributed by atoms with Crippen LogP contribution < -0.4 is 20.3 Å². The number of nitrogens with one attached hydrogen (secondary N) is 2. The topological polar surface area (TPSA) is 53.6 Å². The van der Waals surface area contributed by atoms with Crippen LogP contribution in [0.3, 0.4) is 0 Å². The molecule has 0 unspecified atom stereocenters. The van der Waals surface area contributed by atoms with Crippen LogP contribution in [0.5, 0.6) is 5.75 Å². The molecule has 8 heteroatoms. The van der Waals surface area contributed by atoms with E-state index in [0.29, 0.717) is 15.8 Å². The minimum atomic E-state index is -1.05. The highest BCUT2D eigenvalue weighted by molar-refractivity contribution is 9.10. The van der Waals surface area contributed by atoms with Crippen molar-refractivity contribution in [1.29, 1.82) is 0 Å². The van der Waals surface area contributed by atoms with Crippen molar-refractivity contribution in [1.82, 2.24) is 5.32 Å². The van der Waals surface area contributed by atoms with E-state index in [4.69, 9.17) is 28.6 Å². The lowest BCUT2D eigenvalue weighted by atomic mass is 9.78. The molecular formula is C24H19BrClN3O2S. The first-order chi connectivity index (χ1) is 15.4. The largest absolute Gasteiger partial charge is 0.467 e. The molecule has 3 aromatic rings. The van der Waals surface area contributed by atoms with E-state index < -0.39 is 11.6 Å². The molecule has 0 aliphatic carbocycles. The number of rotatable bonds is 3. The Morgan fingerprint density at radius 2 is 1.81 bits per heavy atom. The predicted octanol–water partition coefficient (Wildman–Crippen LogP) is 5.90. The summed E-state index contributed by atoms with van der Waals surface area (Å²) in [7, 11) is 0. The van der Waals surface area contributed by atoms with E-state index in [9.17, 15) is 4.79 Å². The number of hydrogen-bond acceptors (Lipinski definition) is 3. The fourth-order valence-electron chi connectivity index (χ4n) is 4.46. The second-order valence-electron chi connectivity index (χ2n) is 7.91. The Balaban J connectivity index is 1.60. The maximum absolute atomic E-state index is 13.7. The van der Waals surface area contributed by atoms with Crippen molar-refractivity contribution in [3.63, 3.8) is 0 Å². The first-order valence-electron chi connectivity index (χ1n) is 10.1. The Morgan fingerprint density at radius 3 is 2.53 bits per heavy atom. The van der Waals surface area contributed by atoms with Gasteiger partial charge in [0.15, 0.2) is 10.8 Å². The van der Waals surface area contributed by atoms with Gasteiger partial charge in [0.05, 0.1) is 6.04 Å². The van der Waals surface area contributed by atoms with Gasteiger partial charge < -0.3 is 15.4 Å². The summed E-state index contributed by atoms with van der Waals surface area (Å²) >= 11 is 15.2. The lowest BCUT2D eigenvalue weighted by Crippen LogP contribution is -2.72. The van der Waals surface area contributed by atoms with E-state index in [2.05, 4.69) is 26.6 Å². The molecule has 0 spiro atoms. The Labute approximate surface area is 204 Å². The van der Waals surface area contributed by atoms with E-state index in [1.165, 1.54) is 0 Å². The van der Waals surface area contributed by atoms with Crippen LogP contribution in [-0.2, 0) is 4.79 Å². The van der Waals surface area contributed by atoms with Gasteiger partial charge in [0, 0.05) is 26.4 Å². The van der Waals surface area contributed by atoms with Crippen LogP contribution in [0, 0.1) is 5.92 Å². The van der Waals surface area contributed by atoms with Gasteiger partial charge in [-0.15, -0.1) is 0 Å². The van der Waals surface area contributed by atoms with Crippen LogP contribution in [0.2, 0.25) is 5.02 Å². The summed E-state index contributed by atoms with van der Waals surface area (Å²) in [5, 5.41) is 7.54. The van der Waals surface area contributed by atoms with Crippen LogP contribution in [0.15, 0.2) is 77.3 Å². The molecule has 0 radical (unpaired) electrons. The van der Waals surface area contributed by atoms with Crippen molar-refractivity contribution in [3.05, 3.63) is 87.9 Å². The Bertz CT molecular complexity index is 1200. The first-order valence-corrected chi connectivity index (χ1v) is 11.7. The third-order valence-electron chi connectivity index (χ3n) is 5.89. The second-order valence-corrected chi connectivity index (χ2v) is 9.65. The molecule has 2 bridgehead atoms. The van der Waals surface area contributed by atoms with E-state index in [1.54, 1.807) is 24.3 Å². The van der Waals surface area contributed by atoms with Gasteiger partial charge in [-0.3, -0.25) is 9.69 Å². The molecule has 2 aliphatic rings. The predicted molar refractivity (Wildman–Crippen MR) is 134 cm³/mol. The zero-order chi connectivity index (χ0) is 22.5. The molecule has 32 heavy (non-hydrogen) atoms. The van der Waals surface area contributed by atoms with Crippen molar-refractivity contribution in [2.75, 3.05) is 10.2 Å². The standard InChI is InChI=1S/C24H19BrClN3O2S/c1-24-20(22(30)27-16-10-8-15(26)9-11-16)21(18-4-2-3-5-19(18)31-24)28-23(32)29(24)17-12-6-14(25)7-13-17/h2-13,20-21H,1H3,(H,27,30)(H,28,32)/t20-,21+,24-/m1/s1. The van der Waals surface area contributed by atoms with Gasteiger partial charge in [0.1, 0.15) is 11.7 Å². The third-order valence-corrected chi connectivity index (χ3v) is 6.97. The van der Waals surface area contributed by atoms with E-state index in [1.807, 2.05) is 60.4 Å². The summed E-state index contributed by atoms with van der Waals surface area (Å²) in [6, 6.07) is 22.2. The maximum Gasteiger partial charge on any atom is 0.236 e. The molecule has 162 valence electrons. The molecule has 5 nitrogen and oxygen atoms in total. The van der Waals surface area contributed by atoms with Crippen molar-refractivity contribution in [2.45, 2.75) is 18.7 Å². The number of anilines is 2. The number of fused-ring (bicyclic) bond motifs is 4. The Hall–Kier alpha value is -2.61. The minimum Gasteiger partial charge on any atom is -0.467 e. The number of benzene rings is 3. The molecule has 2 aliphatic heterocycles. The second kappa shape index (κ2) is 8.06. The molecule has 3 atom stereocenters. The smallest absolute Gasteiger partial charge is 0.236 e. The van der Waals surface area contributed by atoms with Gasteiger partial charge in [0.25, 0.3) is 0 Å². The lowest BCUT2D eigenvalue weighted by Gasteiger charge is -2.56. The van der Waals surface area contributed by atoms with Crippen LogP contribution >= 0.6 is 39.7 Å². The minimum absolute atomic E-state index is 0.175. The number of halogens is 2. The normalized spacial score (nSPS) is 23.6. The molecule has 1 fully saturated rings. The van der Waals surface area contributed by atoms with Gasteiger partial charge in [0.2, 0.25) is 5.91 Å². The third kappa shape index (κ3) is 3.54. The highest BCUT2D eigenvalue weighted by atomic mass is 79.9. The molecule has 0 aromatic heterocycles. The summed E-state index contributed by atoms with van der Waals surface area (Å²) in [6.07, 6.45) is 0. The van der Waals surface area contributed by atoms with Crippen LogP contribution in [-0.4, -0.2) is 16.7 Å². The Kier molecular flexibility index (Phi) is 5.35. The number of carbonyl (C=O) groups excluding carboxylic acids is 1. The quantitative estimate of drug-likeness (QED) is 0.415. The monoisotopic (exact) mass is 527 g/mol. The molecule has 1 saturated heterocycles. The molecule has 0 saturated carbocycles. The fraction of sp³-hybridized carbons (Fsp3) is 0.167. The zero-order valence-electron chi connectivity index (χ0n) is 17.0. The SMILES string of the molecule is C[C@]12Oc3ccccc3[C@H](NC(=S)N1c1ccc(Br)cc1)[C@@H]2C(=O)Nc1ccc(Cl)cc1. The van der Waals surface area contributed by atoms with Gasteiger partial charge in [-0.05, 0) is 73.7 Å². The zero-order valence-corrected chi connectivity index (χ0v) is 20.2. The average molecular weight is 529 g/mol. The lowest BCUT2D eigenvalue weighted by molar-refractivity contribution is -0.130. The van der Waals surface area contributed by atoms with E-state index in [0.717, 1.165) is 21.5 Å². The average Bonchev–Trinajstić information content (AvgIpc) is 2.76. The van der Waals surface area contributed by atoms with Gasteiger partial charge >= 0.3 is 0 Å². The summed E-state index contributed by atoms with van der Waals surface area (Å²) in [5.74, 6) is -0.0393. The van der Waals surface area contributed by atoms with Gasteiger partial charge in [-0.2, -0.15) is 0 Å². The highest BCUT2D eigenvalue weighted by Crippen LogP contribution is 2.49. The number of nitrogens with zero attached hydrogens (tertiary/aromatic N) is 1. The first kappa shape index (κ1) is 21.2. The number of ether oxygens (including phenoxy) is 1. The number of amides is 1. The molecule has 2 heterocycles. The molecule has 2 N–H and O–H groups in total. The molecule has 1 amide bonds. The highest BCUT2D eigenvalue weighted by Gasteiger charge is 2.59. The number of para-hydroxylation sites is 1. The van der Waals surface area contributed by atoms with Crippen LogP contribution in [0.4, 0.5) is 11.4 Å². The summed E-state index contributed by atoms with van der Waals surface area (Å²) in [5.41, 5.74) is 1.35. The fourth-order valence-corrected chi connectivity index (χ4v) is 5.27. The van der Waals surface area contributed by atoms with Crippen molar-refractivity contribution in [3.8, 4) is 5.75 Å². The molecule has 3 aromatic carbocycles. The van der Waals surface area contributed by atoms with Gasteiger partial charge in [-0.1, -0.05) is 45.7 Å². The number of carbonyl (C=O) groups is 1. The van der Waals surface area contributed by atoms with Crippen molar-refractivity contribution >= 4 is 62.1 Å². The van der Waals surface area contributed by atoms with Crippen LogP contribution in [0.25, 0.3) is 0 Å². The van der Waals surface area contributed by atoms with Gasteiger partial charge in [-0.25, -0.2) is 0 Å². The molecule has 5 rings (SSSR count). The summed E-state index contributed by atoms with van der Waals surface area (Å²) < 4.78 is 7.50. The van der Waals surface area contributed by atoms with Crippen molar-refractivity contribution < 1.29 is 9.53 Å². The summed E-state index contributed by atoms with van der Waals surface area (Å²) in [6.45, 7) is 1.91. The van der Waals surface area contributed by atoms with E-state index in [-0.39, 0.29) is 11.9 Å². The molecular weight excluding hydrogens is 510 g/mol. The number of thiocarbonyl (C=S) groups is 1. The number of hydrogen-bond donors (Lipinski definition) is 2. The van der Waals surface area contributed by atoms with Crippen LogP contribution in [0.1, 0.15) is 18.5 Å². The summed E-state index contributed by atoms with van der Waals surface area (Å²) in [4.78, 5) is 15.6. The Morgan fingerprint density at radius 1 is 1.12 bits per heavy atom. The maximum atomic E-state index is 13.7. The van der Waals surface area contributed by atoms with E-state index >= 15 is 0 Å². The van der Waals surface area contributed by atoms with Crippen molar-refractivity contribution in [2.24, 2.45) is 5.92 Å².